The third kappa shape index (κ3) is 2.53. The normalized spacial score (nSPS) is 10.8. The fourth-order valence-electron chi connectivity index (χ4n) is 2.88. The number of nitro groups is 2. The molecule has 0 unspecified atom stereocenters. The minimum atomic E-state index is -0.648. The van der Waals surface area contributed by atoms with Gasteiger partial charge in [0, 0.05) is 12.1 Å². The van der Waals surface area contributed by atoms with E-state index >= 15 is 0 Å². The molecule has 0 saturated heterocycles. The second-order valence-electron chi connectivity index (χ2n) is 5.63. The van der Waals surface area contributed by atoms with E-state index in [0.29, 0.717) is 5.69 Å². The van der Waals surface area contributed by atoms with E-state index < -0.39 is 9.85 Å². The van der Waals surface area contributed by atoms with Gasteiger partial charge in [0.05, 0.1) is 26.6 Å². The molecule has 1 heterocycles. The fraction of sp³-hybridized carbons (Fsp3) is 0.118. The predicted octanol–water partition coefficient (Wildman–Crippen LogP) is 4.10. The summed E-state index contributed by atoms with van der Waals surface area (Å²) in [5.41, 5.74) is 2.82. The number of nitro benzene ring substituents is 2. The standard InChI is InChI=1S/C17H14N4O4/c1-4-13-14(20(22)23)7-12(8-15(13)21(24)25)19-9-18-16-10(2)5-6-11(3)17(16)19/h4-9H,1H2,2-3H3. The Morgan fingerprint density at radius 2 is 1.64 bits per heavy atom. The quantitative estimate of drug-likeness (QED) is 0.526. The predicted molar refractivity (Wildman–Crippen MR) is 93.9 cm³/mol. The molecule has 25 heavy (non-hydrogen) atoms. The Balaban J connectivity index is 2.39. The minimum absolute atomic E-state index is 0.115. The van der Waals surface area contributed by atoms with Crippen molar-refractivity contribution in [2.24, 2.45) is 0 Å². The summed E-state index contributed by atoms with van der Waals surface area (Å²) in [6.07, 6.45) is 2.64. The van der Waals surface area contributed by atoms with Crippen LogP contribution in [0.2, 0.25) is 0 Å². The van der Waals surface area contributed by atoms with Gasteiger partial charge in [0.2, 0.25) is 0 Å². The van der Waals surface area contributed by atoms with Gasteiger partial charge in [-0.05, 0) is 31.1 Å². The zero-order chi connectivity index (χ0) is 18.3. The smallest absolute Gasteiger partial charge is 0.285 e. The first-order chi connectivity index (χ1) is 11.8. The molecule has 0 spiro atoms. The summed E-state index contributed by atoms with van der Waals surface area (Å²) in [5.74, 6) is 0. The summed E-state index contributed by atoms with van der Waals surface area (Å²) in [4.78, 5) is 25.8. The summed E-state index contributed by atoms with van der Waals surface area (Å²) in [6, 6.07) is 6.44. The molecule has 2 aromatic carbocycles. The molecule has 0 aliphatic heterocycles. The molecule has 1 aromatic heterocycles. The van der Waals surface area contributed by atoms with Gasteiger partial charge in [0.15, 0.2) is 0 Å². The molecule has 0 fully saturated rings. The number of hydrogen-bond acceptors (Lipinski definition) is 5. The number of aromatic nitrogens is 2. The van der Waals surface area contributed by atoms with Crippen LogP contribution in [-0.2, 0) is 0 Å². The van der Waals surface area contributed by atoms with E-state index in [1.54, 1.807) is 4.57 Å². The first kappa shape index (κ1) is 16.3. The van der Waals surface area contributed by atoms with Gasteiger partial charge in [-0.1, -0.05) is 18.7 Å². The Labute approximate surface area is 142 Å². The van der Waals surface area contributed by atoms with E-state index in [-0.39, 0.29) is 16.9 Å². The topological polar surface area (TPSA) is 104 Å². The van der Waals surface area contributed by atoms with Gasteiger partial charge in [-0.2, -0.15) is 0 Å². The van der Waals surface area contributed by atoms with Crippen LogP contribution >= 0.6 is 0 Å². The Bertz CT molecular complexity index is 1020. The van der Waals surface area contributed by atoms with E-state index in [2.05, 4.69) is 11.6 Å². The molecule has 0 aliphatic rings. The van der Waals surface area contributed by atoms with Crippen LogP contribution in [0.25, 0.3) is 22.8 Å². The summed E-state index contributed by atoms with van der Waals surface area (Å²) in [7, 11) is 0. The number of nitrogens with zero attached hydrogens (tertiary/aromatic N) is 4. The average Bonchev–Trinajstić information content (AvgIpc) is 3.03. The van der Waals surface area contributed by atoms with Crippen molar-refractivity contribution in [2.75, 3.05) is 0 Å². The minimum Gasteiger partial charge on any atom is -0.298 e. The molecule has 0 N–H and O–H groups in total. The number of aryl methyl sites for hydroxylation is 2. The van der Waals surface area contributed by atoms with Crippen LogP contribution in [0, 0.1) is 34.1 Å². The molecule has 0 amide bonds. The van der Waals surface area contributed by atoms with Crippen molar-refractivity contribution in [3.05, 3.63) is 74.1 Å². The highest BCUT2D eigenvalue weighted by atomic mass is 16.6. The Kier molecular flexibility index (Phi) is 3.80. The number of rotatable bonds is 4. The number of hydrogen-bond donors (Lipinski definition) is 0. The second kappa shape index (κ2) is 5.82. The van der Waals surface area contributed by atoms with Crippen LogP contribution in [-0.4, -0.2) is 19.4 Å². The lowest BCUT2D eigenvalue weighted by molar-refractivity contribution is -0.394. The van der Waals surface area contributed by atoms with Gasteiger partial charge in [0.1, 0.15) is 11.9 Å². The van der Waals surface area contributed by atoms with Crippen molar-refractivity contribution >= 4 is 28.5 Å². The van der Waals surface area contributed by atoms with Gasteiger partial charge in [0.25, 0.3) is 11.4 Å². The summed E-state index contributed by atoms with van der Waals surface area (Å²) >= 11 is 0. The van der Waals surface area contributed by atoms with E-state index in [4.69, 9.17) is 0 Å². The van der Waals surface area contributed by atoms with Crippen molar-refractivity contribution < 1.29 is 9.85 Å². The van der Waals surface area contributed by atoms with Crippen LogP contribution in [0.15, 0.2) is 37.2 Å². The zero-order valence-corrected chi connectivity index (χ0v) is 13.6. The van der Waals surface area contributed by atoms with Gasteiger partial charge >= 0.3 is 0 Å². The molecule has 126 valence electrons. The molecule has 0 aliphatic carbocycles. The van der Waals surface area contributed by atoms with Crippen molar-refractivity contribution in [2.45, 2.75) is 13.8 Å². The Morgan fingerprint density at radius 3 is 2.16 bits per heavy atom. The maximum absolute atomic E-state index is 11.4. The second-order valence-corrected chi connectivity index (χ2v) is 5.63. The van der Waals surface area contributed by atoms with Crippen LogP contribution in [0.1, 0.15) is 16.7 Å². The molecule has 0 saturated carbocycles. The SMILES string of the molecule is C=Cc1c([N+](=O)[O-])cc(-n2cnc3c(C)ccc(C)c32)cc1[N+](=O)[O-]. The Hall–Kier alpha value is -3.55. The van der Waals surface area contributed by atoms with Crippen molar-refractivity contribution in [3.63, 3.8) is 0 Å². The lowest BCUT2D eigenvalue weighted by atomic mass is 10.1. The van der Waals surface area contributed by atoms with Crippen LogP contribution < -0.4 is 0 Å². The lowest BCUT2D eigenvalue weighted by Crippen LogP contribution is -2.02. The fourth-order valence-corrected chi connectivity index (χ4v) is 2.88. The van der Waals surface area contributed by atoms with Gasteiger partial charge in [-0.3, -0.25) is 24.8 Å². The zero-order valence-electron chi connectivity index (χ0n) is 13.6. The molecule has 0 radical (unpaired) electrons. The molecular weight excluding hydrogens is 324 g/mol. The van der Waals surface area contributed by atoms with Crippen molar-refractivity contribution in [1.82, 2.24) is 9.55 Å². The maximum Gasteiger partial charge on any atom is 0.285 e. The van der Waals surface area contributed by atoms with Gasteiger partial charge < -0.3 is 0 Å². The van der Waals surface area contributed by atoms with Gasteiger partial charge in [-0.15, -0.1) is 0 Å². The lowest BCUT2D eigenvalue weighted by Gasteiger charge is -2.09. The summed E-state index contributed by atoms with van der Waals surface area (Å²) < 4.78 is 1.63. The maximum atomic E-state index is 11.4. The average molecular weight is 338 g/mol. The third-order valence-electron chi connectivity index (χ3n) is 4.09. The summed E-state index contributed by atoms with van der Waals surface area (Å²) in [5, 5.41) is 22.7. The highest BCUT2D eigenvalue weighted by molar-refractivity contribution is 5.84. The summed E-state index contributed by atoms with van der Waals surface area (Å²) in [6.45, 7) is 7.25. The highest BCUT2D eigenvalue weighted by Gasteiger charge is 2.25. The van der Waals surface area contributed by atoms with Gasteiger partial charge in [-0.25, -0.2) is 4.98 Å². The largest absolute Gasteiger partial charge is 0.298 e. The molecule has 8 nitrogen and oxygen atoms in total. The molecular formula is C17H14N4O4. The molecule has 8 heteroatoms. The third-order valence-corrected chi connectivity index (χ3v) is 4.09. The van der Waals surface area contributed by atoms with E-state index in [1.807, 2.05) is 26.0 Å². The molecule has 3 rings (SSSR count). The first-order valence-electron chi connectivity index (χ1n) is 7.38. The van der Waals surface area contributed by atoms with Crippen LogP contribution in [0.4, 0.5) is 11.4 Å². The highest BCUT2D eigenvalue weighted by Crippen LogP contribution is 2.34. The van der Waals surface area contributed by atoms with Crippen molar-refractivity contribution in [1.29, 1.82) is 0 Å². The number of benzene rings is 2. The van der Waals surface area contributed by atoms with E-state index in [9.17, 15) is 20.2 Å². The van der Waals surface area contributed by atoms with Crippen LogP contribution in [0.3, 0.4) is 0 Å². The molecule has 3 aromatic rings. The molecule has 0 bridgehead atoms. The number of imidazole rings is 1. The van der Waals surface area contributed by atoms with Crippen LogP contribution in [0.5, 0.6) is 0 Å². The van der Waals surface area contributed by atoms with E-state index in [1.165, 1.54) is 18.5 Å². The van der Waals surface area contributed by atoms with Crippen molar-refractivity contribution in [3.8, 4) is 5.69 Å². The molecule has 0 atom stereocenters. The first-order valence-corrected chi connectivity index (χ1v) is 7.38. The van der Waals surface area contributed by atoms with E-state index in [0.717, 1.165) is 28.2 Å². The number of fused-ring (bicyclic) bond motifs is 1. The monoisotopic (exact) mass is 338 g/mol. The Morgan fingerprint density at radius 1 is 1.08 bits per heavy atom.